The normalized spacial score (nSPS) is 10.1. The van der Waals surface area contributed by atoms with Crippen LogP contribution in [0.5, 0.6) is 0 Å². The summed E-state index contributed by atoms with van der Waals surface area (Å²) in [6.45, 7) is 0. The first-order chi connectivity index (χ1) is 6.74. The van der Waals surface area contributed by atoms with E-state index in [1.807, 2.05) is 6.07 Å². The molecule has 0 saturated heterocycles. The average molecular weight is 223 g/mol. The third kappa shape index (κ3) is 1.31. The predicted octanol–water partition coefficient (Wildman–Crippen LogP) is 3.41. The molecule has 0 radical (unpaired) electrons. The van der Waals surface area contributed by atoms with Crippen molar-refractivity contribution in [2.45, 2.75) is 0 Å². The Balaban J connectivity index is 2.92. The molecule has 1 heterocycles. The van der Waals surface area contributed by atoms with Gasteiger partial charge in [-0.3, -0.25) is 4.98 Å². The highest BCUT2D eigenvalue weighted by Gasteiger charge is 2.07. The van der Waals surface area contributed by atoms with E-state index in [1.165, 1.54) is 6.20 Å². The van der Waals surface area contributed by atoms with Crippen LogP contribution in [0.3, 0.4) is 0 Å². The quantitative estimate of drug-likeness (QED) is 0.686. The number of hydrogen-bond donors (Lipinski definition) is 0. The summed E-state index contributed by atoms with van der Waals surface area (Å²) in [5.41, 5.74) is 0.986. The van der Waals surface area contributed by atoms with Crippen molar-refractivity contribution in [2.75, 3.05) is 0 Å². The molecule has 1 aromatic heterocycles. The molecule has 0 aliphatic carbocycles. The molecule has 2 nitrogen and oxygen atoms in total. The smallest absolute Gasteiger partial charge is 0.102 e. The molecule has 0 aliphatic rings. The maximum absolute atomic E-state index is 8.74. The van der Waals surface area contributed by atoms with Crippen molar-refractivity contribution in [3.63, 3.8) is 0 Å². The molecule has 0 aliphatic heterocycles. The molecule has 2 rings (SSSR count). The molecule has 0 N–H and O–H groups in total. The largest absolute Gasteiger partial charge is 0.253 e. The van der Waals surface area contributed by atoms with Crippen molar-refractivity contribution < 1.29 is 0 Å². The maximum atomic E-state index is 8.74. The number of pyridine rings is 1. The van der Waals surface area contributed by atoms with E-state index < -0.39 is 0 Å². The molecule has 0 fully saturated rings. The van der Waals surface area contributed by atoms with Gasteiger partial charge in [-0.1, -0.05) is 35.3 Å². The lowest BCUT2D eigenvalue weighted by molar-refractivity contribution is 1.37. The Kier molecular flexibility index (Phi) is 2.28. The Morgan fingerprint density at radius 2 is 2.07 bits per heavy atom. The fourth-order valence-electron chi connectivity index (χ4n) is 1.23. The lowest BCUT2D eigenvalue weighted by Gasteiger charge is -2.02. The SMILES string of the molecule is N#Cc1cnc2c(Cl)cccc2c1Cl. The molecule has 0 unspecified atom stereocenters. The molecule has 68 valence electrons. The van der Waals surface area contributed by atoms with Crippen LogP contribution in [0.4, 0.5) is 0 Å². The van der Waals surface area contributed by atoms with Gasteiger partial charge < -0.3 is 0 Å². The molecule has 0 bridgehead atoms. The molecule has 0 spiro atoms. The van der Waals surface area contributed by atoms with Crippen molar-refractivity contribution in [2.24, 2.45) is 0 Å². The first kappa shape index (κ1) is 9.26. The van der Waals surface area contributed by atoms with E-state index in [9.17, 15) is 0 Å². The first-order valence-electron chi connectivity index (χ1n) is 3.87. The summed E-state index contributed by atoms with van der Waals surface area (Å²) in [6, 6.07) is 7.27. The van der Waals surface area contributed by atoms with Crippen LogP contribution in [-0.2, 0) is 0 Å². The van der Waals surface area contributed by atoms with Crippen LogP contribution in [0.15, 0.2) is 24.4 Å². The lowest BCUT2D eigenvalue weighted by Crippen LogP contribution is -1.85. The molecule has 4 heteroatoms. The Hall–Kier alpha value is -1.30. The summed E-state index contributed by atoms with van der Waals surface area (Å²) in [7, 11) is 0. The summed E-state index contributed by atoms with van der Waals surface area (Å²) in [5.74, 6) is 0. The van der Waals surface area contributed by atoms with E-state index in [0.29, 0.717) is 26.5 Å². The number of halogens is 2. The van der Waals surface area contributed by atoms with E-state index in [2.05, 4.69) is 4.98 Å². The van der Waals surface area contributed by atoms with Crippen LogP contribution in [0.2, 0.25) is 10.0 Å². The third-order valence-electron chi connectivity index (χ3n) is 1.90. The summed E-state index contributed by atoms with van der Waals surface area (Å²) >= 11 is 11.9. The Morgan fingerprint density at radius 3 is 2.79 bits per heavy atom. The first-order valence-corrected chi connectivity index (χ1v) is 4.62. The van der Waals surface area contributed by atoms with Crippen LogP contribution in [-0.4, -0.2) is 4.98 Å². The van der Waals surface area contributed by atoms with Crippen molar-refractivity contribution in [1.29, 1.82) is 5.26 Å². The molecule has 0 saturated carbocycles. The lowest BCUT2D eigenvalue weighted by atomic mass is 10.2. The van der Waals surface area contributed by atoms with Crippen molar-refractivity contribution in [1.82, 2.24) is 4.98 Å². The highest BCUT2D eigenvalue weighted by atomic mass is 35.5. The standard InChI is InChI=1S/C10H4Cl2N2/c11-8-3-1-2-7-9(12)6(4-13)5-14-10(7)8/h1-3,5H. The monoisotopic (exact) mass is 222 g/mol. The fourth-order valence-corrected chi connectivity index (χ4v) is 1.70. The zero-order valence-corrected chi connectivity index (χ0v) is 8.47. The average Bonchev–Trinajstić information content (AvgIpc) is 2.20. The highest BCUT2D eigenvalue weighted by Crippen LogP contribution is 2.29. The summed E-state index contributed by atoms with van der Waals surface area (Å²) in [6.07, 6.45) is 1.43. The van der Waals surface area contributed by atoms with Gasteiger partial charge in [-0.05, 0) is 6.07 Å². The van der Waals surface area contributed by atoms with Crippen LogP contribution in [0.25, 0.3) is 10.9 Å². The van der Waals surface area contributed by atoms with E-state index in [1.54, 1.807) is 18.2 Å². The number of rotatable bonds is 0. The van der Waals surface area contributed by atoms with Gasteiger partial charge in [0.2, 0.25) is 0 Å². The van der Waals surface area contributed by atoms with E-state index in [4.69, 9.17) is 28.5 Å². The van der Waals surface area contributed by atoms with Gasteiger partial charge in [0, 0.05) is 11.6 Å². The molecular formula is C10H4Cl2N2. The second-order valence-corrected chi connectivity index (χ2v) is 3.52. The number of fused-ring (bicyclic) bond motifs is 1. The number of para-hydroxylation sites is 1. The van der Waals surface area contributed by atoms with E-state index >= 15 is 0 Å². The van der Waals surface area contributed by atoms with Crippen LogP contribution in [0.1, 0.15) is 5.56 Å². The molecule has 0 atom stereocenters. The van der Waals surface area contributed by atoms with E-state index in [-0.39, 0.29) is 0 Å². The molecule has 2 aromatic rings. The maximum Gasteiger partial charge on any atom is 0.102 e. The van der Waals surface area contributed by atoms with Crippen LogP contribution in [0, 0.1) is 11.3 Å². The number of benzene rings is 1. The molecular weight excluding hydrogens is 219 g/mol. The van der Waals surface area contributed by atoms with Crippen LogP contribution >= 0.6 is 23.2 Å². The summed E-state index contributed by atoms with van der Waals surface area (Å²) < 4.78 is 0. The van der Waals surface area contributed by atoms with E-state index in [0.717, 1.165) is 0 Å². The molecule has 14 heavy (non-hydrogen) atoms. The third-order valence-corrected chi connectivity index (χ3v) is 2.62. The van der Waals surface area contributed by atoms with Gasteiger partial charge in [0.25, 0.3) is 0 Å². The number of hydrogen-bond acceptors (Lipinski definition) is 2. The van der Waals surface area contributed by atoms with Gasteiger partial charge in [0.1, 0.15) is 6.07 Å². The fraction of sp³-hybridized carbons (Fsp3) is 0. The summed E-state index contributed by atoms with van der Waals surface area (Å²) in [5, 5.41) is 10.4. The number of nitrogens with zero attached hydrogens (tertiary/aromatic N) is 2. The zero-order chi connectivity index (χ0) is 10.1. The van der Waals surface area contributed by atoms with Gasteiger partial charge in [-0.2, -0.15) is 5.26 Å². The van der Waals surface area contributed by atoms with Gasteiger partial charge >= 0.3 is 0 Å². The van der Waals surface area contributed by atoms with Gasteiger partial charge in [-0.15, -0.1) is 0 Å². The zero-order valence-electron chi connectivity index (χ0n) is 6.96. The van der Waals surface area contributed by atoms with Crippen molar-refractivity contribution in [3.8, 4) is 6.07 Å². The Bertz CT molecular complexity index is 544. The predicted molar refractivity (Wildman–Crippen MR) is 56.5 cm³/mol. The van der Waals surface area contributed by atoms with Crippen molar-refractivity contribution >= 4 is 34.1 Å². The second-order valence-electron chi connectivity index (χ2n) is 2.73. The molecule has 0 amide bonds. The minimum Gasteiger partial charge on any atom is -0.253 e. The highest BCUT2D eigenvalue weighted by molar-refractivity contribution is 6.39. The van der Waals surface area contributed by atoms with Crippen LogP contribution < -0.4 is 0 Å². The minimum absolute atomic E-state index is 0.362. The number of nitriles is 1. The molecule has 1 aromatic carbocycles. The van der Waals surface area contributed by atoms with Crippen molar-refractivity contribution in [3.05, 3.63) is 40.0 Å². The second kappa shape index (κ2) is 3.45. The number of aromatic nitrogens is 1. The Labute approximate surface area is 90.7 Å². The van der Waals surface area contributed by atoms with Gasteiger partial charge in [-0.25, -0.2) is 0 Å². The topological polar surface area (TPSA) is 36.7 Å². The van der Waals surface area contributed by atoms with Gasteiger partial charge in [0.05, 0.1) is 21.1 Å². The minimum atomic E-state index is 0.362. The van der Waals surface area contributed by atoms with Gasteiger partial charge in [0.15, 0.2) is 0 Å². The Morgan fingerprint density at radius 1 is 1.29 bits per heavy atom. The summed E-state index contributed by atoms with van der Waals surface area (Å²) in [4.78, 5) is 4.07.